The Labute approximate surface area is 117 Å². The number of rotatable bonds is 1. The third kappa shape index (κ3) is 1.68. The van der Waals surface area contributed by atoms with E-state index in [1.807, 2.05) is 12.3 Å². The van der Waals surface area contributed by atoms with E-state index in [1.54, 1.807) is 6.20 Å². The van der Waals surface area contributed by atoms with Crippen LogP contribution < -0.4 is 4.74 Å². The van der Waals surface area contributed by atoms with Gasteiger partial charge in [0.2, 0.25) is 0 Å². The van der Waals surface area contributed by atoms with Gasteiger partial charge in [-0.3, -0.25) is 4.98 Å². The number of aromatic nitrogens is 3. The molecule has 0 fully saturated rings. The monoisotopic (exact) mass is 265 g/mol. The van der Waals surface area contributed by atoms with Gasteiger partial charge in [0.1, 0.15) is 17.1 Å². The van der Waals surface area contributed by atoms with E-state index in [9.17, 15) is 0 Å². The second-order valence-electron chi connectivity index (χ2n) is 5.16. The Hall–Kier alpha value is -2.36. The molecule has 3 aromatic rings. The van der Waals surface area contributed by atoms with Crippen molar-refractivity contribution >= 4 is 11.0 Å². The molecule has 0 spiro atoms. The van der Waals surface area contributed by atoms with Crippen LogP contribution in [0.15, 0.2) is 36.7 Å². The van der Waals surface area contributed by atoms with Gasteiger partial charge >= 0.3 is 0 Å². The quantitative estimate of drug-likeness (QED) is 0.678. The highest BCUT2D eigenvalue weighted by atomic mass is 16.5. The molecule has 0 saturated heterocycles. The van der Waals surface area contributed by atoms with E-state index in [2.05, 4.69) is 34.7 Å². The number of nitrogens with zero attached hydrogens (tertiary/aromatic N) is 3. The van der Waals surface area contributed by atoms with Crippen molar-refractivity contribution in [3.63, 3.8) is 0 Å². The van der Waals surface area contributed by atoms with Crippen LogP contribution in [0.3, 0.4) is 0 Å². The Morgan fingerprint density at radius 3 is 3.10 bits per heavy atom. The van der Waals surface area contributed by atoms with Crippen molar-refractivity contribution in [1.29, 1.82) is 0 Å². The van der Waals surface area contributed by atoms with Crippen LogP contribution in [0, 0.1) is 6.92 Å². The molecule has 0 aliphatic carbocycles. The Morgan fingerprint density at radius 1 is 1.30 bits per heavy atom. The average Bonchev–Trinajstić information content (AvgIpc) is 2.68. The first kappa shape index (κ1) is 11.5. The average molecular weight is 265 g/mol. The fourth-order valence-electron chi connectivity index (χ4n) is 2.81. The maximum absolute atomic E-state index is 5.87. The zero-order valence-electron chi connectivity index (χ0n) is 11.3. The zero-order valence-corrected chi connectivity index (χ0v) is 11.3. The Balaban J connectivity index is 2.05. The minimum atomic E-state index is 0.757. The highest BCUT2D eigenvalue weighted by molar-refractivity contribution is 5.87. The summed E-state index contributed by atoms with van der Waals surface area (Å²) in [5.41, 5.74) is 4.33. The van der Waals surface area contributed by atoms with Gasteiger partial charge in [0.05, 0.1) is 12.1 Å². The fourth-order valence-corrected chi connectivity index (χ4v) is 2.81. The van der Waals surface area contributed by atoms with E-state index in [0.29, 0.717) is 0 Å². The molecular weight excluding hydrogens is 250 g/mol. The largest absolute Gasteiger partial charge is 0.491 e. The van der Waals surface area contributed by atoms with Crippen molar-refractivity contribution in [2.24, 2.45) is 0 Å². The summed E-state index contributed by atoms with van der Waals surface area (Å²) in [6.07, 6.45) is 4.64. The summed E-state index contributed by atoms with van der Waals surface area (Å²) in [6, 6.07) is 8.21. The summed E-state index contributed by atoms with van der Waals surface area (Å²) in [5.74, 6) is 1.92. The van der Waals surface area contributed by atoms with Crippen LogP contribution in [0.1, 0.15) is 12.0 Å². The van der Waals surface area contributed by atoms with Gasteiger partial charge in [-0.25, -0.2) is 4.98 Å². The lowest BCUT2D eigenvalue weighted by Crippen LogP contribution is -2.01. The number of pyridine rings is 1. The highest BCUT2D eigenvalue weighted by Gasteiger charge is 2.19. The first-order valence-corrected chi connectivity index (χ1v) is 6.87. The molecule has 0 atom stereocenters. The molecule has 20 heavy (non-hydrogen) atoms. The molecule has 1 aliphatic heterocycles. The Bertz CT molecular complexity index is 777. The zero-order chi connectivity index (χ0) is 13.5. The number of aryl methyl sites for hydroxylation is 2. The van der Waals surface area contributed by atoms with Gasteiger partial charge in [0, 0.05) is 24.5 Å². The second kappa shape index (κ2) is 4.34. The van der Waals surface area contributed by atoms with Gasteiger partial charge in [0.25, 0.3) is 0 Å². The lowest BCUT2D eigenvalue weighted by molar-refractivity contribution is 0.315. The summed E-state index contributed by atoms with van der Waals surface area (Å²) in [5, 5.41) is 0. The first-order valence-electron chi connectivity index (χ1n) is 6.87. The third-order valence-electron chi connectivity index (χ3n) is 3.65. The lowest BCUT2D eigenvalue weighted by atomic mass is 10.2. The molecule has 100 valence electrons. The third-order valence-corrected chi connectivity index (χ3v) is 3.65. The van der Waals surface area contributed by atoms with Crippen molar-refractivity contribution in [1.82, 2.24) is 14.5 Å². The number of hydrogen-bond donors (Lipinski definition) is 0. The molecule has 0 saturated carbocycles. The maximum atomic E-state index is 5.87. The molecule has 4 heteroatoms. The predicted molar refractivity (Wildman–Crippen MR) is 77.8 cm³/mol. The topological polar surface area (TPSA) is 39.9 Å². The van der Waals surface area contributed by atoms with Crippen molar-refractivity contribution in [2.45, 2.75) is 19.9 Å². The van der Waals surface area contributed by atoms with E-state index in [1.165, 1.54) is 5.56 Å². The number of ether oxygens (including phenoxy) is 1. The minimum Gasteiger partial charge on any atom is -0.491 e. The van der Waals surface area contributed by atoms with Gasteiger partial charge in [-0.05, 0) is 43.2 Å². The van der Waals surface area contributed by atoms with Gasteiger partial charge in [-0.2, -0.15) is 0 Å². The summed E-state index contributed by atoms with van der Waals surface area (Å²) in [7, 11) is 0. The second-order valence-corrected chi connectivity index (χ2v) is 5.16. The summed E-state index contributed by atoms with van der Waals surface area (Å²) in [6.45, 7) is 3.76. The first-order chi connectivity index (χ1) is 9.83. The van der Waals surface area contributed by atoms with Gasteiger partial charge < -0.3 is 9.30 Å². The summed E-state index contributed by atoms with van der Waals surface area (Å²) in [4.78, 5) is 9.00. The molecule has 0 bridgehead atoms. The Morgan fingerprint density at radius 2 is 2.25 bits per heavy atom. The van der Waals surface area contributed by atoms with E-state index < -0.39 is 0 Å². The van der Waals surface area contributed by atoms with Gasteiger partial charge in [0.15, 0.2) is 0 Å². The summed E-state index contributed by atoms with van der Waals surface area (Å²) < 4.78 is 8.13. The van der Waals surface area contributed by atoms with Crippen LogP contribution in [0.25, 0.3) is 22.4 Å². The smallest absolute Gasteiger partial charge is 0.145 e. The van der Waals surface area contributed by atoms with E-state index >= 15 is 0 Å². The molecule has 3 heterocycles. The van der Waals surface area contributed by atoms with Crippen molar-refractivity contribution in [2.75, 3.05) is 6.61 Å². The minimum absolute atomic E-state index is 0.757. The van der Waals surface area contributed by atoms with Crippen molar-refractivity contribution in [3.8, 4) is 17.1 Å². The molecule has 0 amide bonds. The number of hydrogen-bond acceptors (Lipinski definition) is 3. The van der Waals surface area contributed by atoms with Crippen LogP contribution in [-0.2, 0) is 6.54 Å². The maximum Gasteiger partial charge on any atom is 0.145 e. The van der Waals surface area contributed by atoms with Crippen LogP contribution >= 0.6 is 0 Å². The molecule has 1 aromatic carbocycles. The molecule has 0 unspecified atom stereocenters. The highest BCUT2D eigenvalue weighted by Crippen LogP contribution is 2.33. The van der Waals surface area contributed by atoms with E-state index in [0.717, 1.165) is 47.7 Å². The number of benzene rings is 1. The predicted octanol–water partition coefficient (Wildman–Crippen LogP) is 3.19. The lowest BCUT2D eigenvalue weighted by Gasteiger charge is -2.06. The molecule has 4 rings (SSSR count). The van der Waals surface area contributed by atoms with Gasteiger partial charge in [-0.15, -0.1) is 0 Å². The Kier molecular flexibility index (Phi) is 2.49. The number of imidazole rings is 1. The molecule has 1 aliphatic rings. The summed E-state index contributed by atoms with van der Waals surface area (Å²) >= 11 is 0. The van der Waals surface area contributed by atoms with E-state index in [4.69, 9.17) is 9.72 Å². The molecule has 4 nitrogen and oxygen atoms in total. The van der Waals surface area contributed by atoms with Crippen molar-refractivity contribution < 1.29 is 4.74 Å². The molecule has 0 radical (unpaired) electrons. The van der Waals surface area contributed by atoms with Crippen LogP contribution in [0.4, 0.5) is 0 Å². The SMILES string of the molecule is Cc1cc2c3c(c1)nc(-c1cccnc1)n3CCCO2. The fraction of sp³-hybridized carbons (Fsp3) is 0.250. The molecule has 2 aromatic heterocycles. The molecular formula is C16H15N3O. The molecule has 0 N–H and O–H groups in total. The van der Waals surface area contributed by atoms with Crippen LogP contribution in [0.2, 0.25) is 0 Å². The van der Waals surface area contributed by atoms with Gasteiger partial charge in [-0.1, -0.05) is 0 Å². The standard InChI is InChI=1S/C16H15N3O/c1-11-8-13-15-14(9-11)20-7-3-6-19(15)16(18-13)12-4-2-5-17-10-12/h2,4-5,8-10H,3,6-7H2,1H3. The van der Waals surface area contributed by atoms with Crippen LogP contribution in [0.5, 0.6) is 5.75 Å². The van der Waals surface area contributed by atoms with Crippen LogP contribution in [-0.4, -0.2) is 21.1 Å². The van der Waals surface area contributed by atoms with Crippen molar-refractivity contribution in [3.05, 3.63) is 42.2 Å². The normalized spacial score (nSPS) is 14.1. The van der Waals surface area contributed by atoms with E-state index in [-0.39, 0.29) is 0 Å².